The SMILES string of the molecule is CCOc1ccc(CNCCc2ccc(OC)c(OC)c2)cc1OC. The van der Waals surface area contributed by atoms with Crippen molar-refractivity contribution in [3.63, 3.8) is 0 Å². The standard InChI is InChI=1S/C20H27NO4/c1-5-25-18-9-7-16(13-20(18)24-4)14-21-11-10-15-6-8-17(22-2)19(12-15)23-3/h6-9,12-13,21H,5,10-11,14H2,1-4H3. The third kappa shape index (κ3) is 5.29. The lowest BCUT2D eigenvalue weighted by molar-refractivity contribution is 0.310. The van der Waals surface area contributed by atoms with E-state index in [0.717, 1.165) is 48.1 Å². The van der Waals surface area contributed by atoms with Gasteiger partial charge in [-0.2, -0.15) is 0 Å². The van der Waals surface area contributed by atoms with E-state index in [1.165, 1.54) is 5.56 Å². The molecule has 0 aliphatic carbocycles. The lowest BCUT2D eigenvalue weighted by Crippen LogP contribution is -2.16. The number of nitrogens with one attached hydrogen (secondary N) is 1. The van der Waals surface area contributed by atoms with E-state index in [0.29, 0.717) is 6.61 Å². The maximum Gasteiger partial charge on any atom is 0.161 e. The van der Waals surface area contributed by atoms with Gasteiger partial charge in [0.15, 0.2) is 23.0 Å². The number of rotatable bonds is 10. The molecule has 0 saturated carbocycles. The van der Waals surface area contributed by atoms with E-state index >= 15 is 0 Å². The summed E-state index contributed by atoms with van der Waals surface area (Å²) in [5, 5.41) is 3.45. The molecule has 0 aliphatic rings. The maximum atomic E-state index is 5.54. The number of methoxy groups -OCH3 is 3. The fourth-order valence-corrected chi connectivity index (χ4v) is 2.60. The van der Waals surface area contributed by atoms with E-state index < -0.39 is 0 Å². The molecule has 136 valence electrons. The molecule has 0 saturated heterocycles. The summed E-state index contributed by atoms with van der Waals surface area (Å²) in [6.45, 7) is 4.23. The van der Waals surface area contributed by atoms with E-state index in [2.05, 4.69) is 17.4 Å². The van der Waals surface area contributed by atoms with Crippen LogP contribution in [0.2, 0.25) is 0 Å². The summed E-state index contributed by atoms with van der Waals surface area (Å²) in [5.74, 6) is 3.05. The minimum absolute atomic E-state index is 0.624. The van der Waals surface area contributed by atoms with Gasteiger partial charge in [0.1, 0.15) is 0 Å². The molecule has 0 bridgehead atoms. The first-order chi connectivity index (χ1) is 12.2. The molecule has 0 unspecified atom stereocenters. The first-order valence-electron chi connectivity index (χ1n) is 8.43. The minimum atomic E-state index is 0.624. The molecule has 0 spiro atoms. The van der Waals surface area contributed by atoms with Gasteiger partial charge in [-0.15, -0.1) is 0 Å². The lowest BCUT2D eigenvalue weighted by Gasteiger charge is -2.12. The Balaban J connectivity index is 1.87. The molecule has 0 heterocycles. The van der Waals surface area contributed by atoms with Crippen molar-refractivity contribution in [1.82, 2.24) is 5.32 Å². The Morgan fingerprint density at radius 2 is 1.36 bits per heavy atom. The van der Waals surface area contributed by atoms with E-state index in [9.17, 15) is 0 Å². The number of hydrogen-bond donors (Lipinski definition) is 1. The van der Waals surface area contributed by atoms with Crippen molar-refractivity contribution in [2.24, 2.45) is 0 Å². The zero-order valence-corrected chi connectivity index (χ0v) is 15.4. The van der Waals surface area contributed by atoms with Gasteiger partial charge < -0.3 is 24.3 Å². The van der Waals surface area contributed by atoms with Crippen LogP contribution in [0.4, 0.5) is 0 Å². The average Bonchev–Trinajstić information content (AvgIpc) is 2.66. The van der Waals surface area contributed by atoms with Crippen LogP contribution in [0, 0.1) is 0 Å². The van der Waals surface area contributed by atoms with Crippen molar-refractivity contribution in [2.45, 2.75) is 19.9 Å². The smallest absolute Gasteiger partial charge is 0.161 e. The third-order valence-corrected chi connectivity index (χ3v) is 3.90. The van der Waals surface area contributed by atoms with Gasteiger partial charge in [-0.3, -0.25) is 0 Å². The molecule has 0 radical (unpaired) electrons. The minimum Gasteiger partial charge on any atom is -0.493 e. The molecule has 1 N–H and O–H groups in total. The van der Waals surface area contributed by atoms with Crippen molar-refractivity contribution < 1.29 is 18.9 Å². The molecule has 0 aromatic heterocycles. The van der Waals surface area contributed by atoms with Gasteiger partial charge in [-0.1, -0.05) is 12.1 Å². The Labute approximate surface area is 149 Å². The summed E-state index contributed by atoms with van der Waals surface area (Å²) in [6.07, 6.45) is 0.911. The highest BCUT2D eigenvalue weighted by atomic mass is 16.5. The van der Waals surface area contributed by atoms with Crippen LogP contribution < -0.4 is 24.3 Å². The van der Waals surface area contributed by atoms with Crippen LogP contribution in [0.3, 0.4) is 0 Å². The van der Waals surface area contributed by atoms with Gasteiger partial charge >= 0.3 is 0 Å². The topological polar surface area (TPSA) is 49.0 Å². The molecule has 0 amide bonds. The zero-order valence-electron chi connectivity index (χ0n) is 15.4. The van der Waals surface area contributed by atoms with E-state index in [-0.39, 0.29) is 0 Å². The molecule has 0 aliphatic heterocycles. The molecule has 0 fully saturated rings. The number of hydrogen-bond acceptors (Lipinski definition) is 5. The summed E-state index contributed by atoms with van der Waals surface area (Å²) in [6, 6.07) is 12.0. The Hall–Kier alpha value is -2.40. The highest BCUT2D eigenvalue weighted by Gasteiger charge is 2.06. The summed E-state index contributed by atoms with van der Waals surface area (Å²) in [4.78, 5) is 0. The maximum absolute atomic E-state index is 5.54. The van der Waals surface area contributed by atoms with Gasteiger partial charge in [0.25, 0.3) is 0 Å². The molecule has 5 nitrogen and oxygen atoms in total. The average molecular weight is 345 g/mol. The lowest BCUT2D eigenvalue weighted by atomic mass is 10.1. The second-order valence-electron chi connectivity index (χ2n) is 5.53. The van der Waals surface area contributed by atoms with Crippen molar-refractivity contribution in [1.29, 1.82) is 0 Å². The molecular weight excluding hydrogens is 318 g/mol. The Morgan fingerprint density at radius 3 is 2.04 bits per heavy atom. The fourth-order valence-electron chi connectivity index (χ4n) is 2.60. The van der Waals surface area contributed by atoms with Crippen molar-refractivity contribution in [3.05, 3.63) is 47.5 Å². The molecule has 0 atom stereocenters. The van der Waals surface area contributed by atoms with Crippen LogP contribution in [0.25, 0.3) is 0 Å². The molecule has 2 rings (SSSR count). The third-order valence-electron chi connectivity index (χ3n) is 3.90. The largest absolute Gasteiger partial charge is 0.493 e. The van der Waals surface area contributed by atoms with E-state index in [4.69, 9.17) is 18.9 Å². The summed E-state index contributed by atoms with van der Waals surface area (Å²) >= 11 is 0. The Kier molecular flexibility index (Phi) is 7.41. The molecule has 2 aromatic rings. The highest BCUT2D eigenvalue weighted by molar-refractivity contribution is 5.43. The Bertz CT molecular complexity index is 673. The van der Waals surface area contributed by atoms with Gasteiger partial charge in [-0.05, 0) is 55.3 Å². The van der Waals surface area contributed by atoms with E-state index in [1.807, 2.05) is 31.2 Å². The highest BCUT2D eigenvalue weighted by Crippen LogP contribution is 2.28. The zero-order chi connectivity index (χ0) is 18.1. The van der Waals surface area contributed by atoms with Crippen LogP contribution in [0.15, 0.2) is 36.4 Å². The van der Waals surface area contributed by atoms with Crippen LogP contribution in [0.1, 0.15) is 18.1 Å². The molecule has 2 aromatic carbocycles. The number of benzene rings is 2. The van der Waals surface area contributed by atoms with Gasteiger partial charge in [0.05, 0.1) is 27.9 Å². The van der Waals surface area contributed by atoms with Crippen molar-refractivity contribution >= 4 is 0 Å². The van der Waals surface area contributed by atoms with Crippen LogP contribution >= 0.6 is 0 Å². The first-order valence-corrected chi connectivity index (χ1v) is 8.43. The molecule has 25 heavy (non-hydrogen) atoms. The van der Waals surface area contributed by atoms with Gasteiger partial charge in [0.2, 0.25) is 0 Å². The summed E-state index contributed by atoms with van der Waals surface area (Å²) < 4.78 is 21.5. The van der Waals surface area contributed by atoms with E-state index in [1.54, 1.807) is 21.3 Å². The van der Waals surface area contributed by atoms with Crippen LogP contribution in [-0.2, 0) is 13.0 Å². The second kappa shape index (κ2) is 9.79. The number of ether oxygens (including phenoxy) is 4. The van der Waals surface area contributed by atoms with Gasteiger partial charge in [-0.25, -0.2) is 0 Å². The van der Waals surface area contributed by atoms with Crippen molar-refractivity contribution in [2.75, 3.05) is 34.5 Å². The summed E-state index contributed by atoms with van der Waals surface area (Å²) in [5.41, 5.74) is 2.36. The Morgan fingerprint density at radius 1 is 0.760 bits per heavy atom. The second-order valence-corrected chi connectivity index (χ2v) is 5.53. The summed E-state index contributed by atoms with van der Waals surface area (Å²) in [7, 11) is 4.95. The molecular formula is C20H27NO4. The predicted molar refractivity (Wildman–Crippen MR) is 99.1 cm³/mol. The van der Waals surface area contributed by atoms with Gasteiger partial charge in [0, 0.05) is 6.54 Å². The monoisotopic (exact) mass is 345 g/mol. The predicted octanol–water partition coefficient (Wildman–Crippen LogP) is 3.44. The normalized spacial score (nSPS) is 10.4. The fraction of sp³-hybridized carbons (Fsp3) is 0.400. The van der Waals surface area contributed by atoms with Crippen molar-refractivity contribution in [3.8, 4) is 23.0 Å². The van der Waals surface area contributed by atoms with Crippen LogP contribution in [-0.4, -0.2) is 34.5 Å². The first kappa shape index (κ1) is 18.9. The quantitative estimate of drug-likeness (QED) is 0.669. The molecule has 5 heteroatoms. The van der Waals surface area contributed by atoms with Crippen LogP contribution in [0.5, 0.6) is 23.0 Å².